The molecule has 0 fully saturated rings. The van der Waals surface area contributed by atoms with Crippen LogP contribution in [0.15, 0.2) is 18.2 Å². The Bertz CT molecular complexity index is 364. The van der Waals surface area contributed by atoms with Gasteiger partial charge in [0.1, 0.15) is 5.75 Å². The molecule has 1 aromatic carbocycles. The molecule has 0 aliphatic heterocycles. The summed E-state index contributed by atoms with van der Waals surface area (Å²) in [4.78, 5) is 12.7. The highest BCUT2D eigenvalue weighted by atomic mass is 35.5. The summed E-state index contributed by atoms with van der Waals surface area (Å²) in [6, 6.07) is 5.46. The second-order valence-corrected chi connectivity index (χ2v) is 3.92. The highest BCUT2D eigenvalue weighted by Gasteiger charge is 2.07. The zero-order valence-electron chi connectivity index (χ0n) is 9.08. The number of carbonyl (C=O) groups excluding carboxylic acids is 1. The number of amides is 1. The zero-order chi connectivity index (χ0) is 11.4. The first kappa shape index (κ1) is 11.9. The predicted octanol–water partition coefficient (Wildman–Crippen LogP) is 2.12. The number of likely N-dealkylation sites (N-methyl/N-ethyl adjacent to an activating group) is 1. The van der Waals surface area contributed by atoms with Gasteiger partial charge in [-0.1, -0.05) is 17.7 Å². The lowest BCUT2D eigenvalue weighted by molar-refractivity contribution is -0.130. The maximum atomic E-state index is 11.3. The Kier molecular flexibility index (Phi) is 3.97. The monoisotopic (exact) mass is 227 g/mol. The SMILES string of the molecule is Cc1ccc(Cl)c(OCC(=O)N(C)C)c1. The highest BCUT2D eigenvalue weighted by Crippen LogP contribution is 2.25. The molecule has 0 aromatic heterocycles. The third kappa shape index (κ3) is 3.44. The van der Waals surface area contributed by atoms with Crippen LogP contribution in [-0.4, -0.2) is 31.5 Å². The van der Waals surface area contributed by atoms with E-state index in [9.17, 15) is 4.79 Å². The molecule has 0 spiro atoms. The standard InChI is InChI=1S/C11H14ClNO2/c1-8-4-5-9(12)10(6-8)15-7-11(14)13(2)3/h4-6H,7H2,1-3H3. The summed E-state index contributed by atoms with van der Waals surface area (Å²) < 4.78 is 5.32. The number of benzene rings is 1. The Hall–Kier alpha value is -1.22. The van der Waals surface area contributed by atoms with Crippen LogP contribution >= 0.6 is 11.6 Å². The van der Waals surface area contributed by atoms with E-state index in [-0.39, 0.29) is 12.5 Å². The molecule has 3 nitrogen and oxygen atoms in total. The van der Waals surface area contributed by atoms with Crippen LogP contribution in [0.25, 0.3) is 0 Å². The molecule has 1 amide bonds. The summed E-state index contributed by atoms with van der Waals surface area (Å²) in [5.74, 6) is 0.458. The second-order valence-electron chi connectivity index (χ2n) is 3.51. The van der Waals surface area contributed by atoms with Crippen LogP contribution < -0.4 is 4.74 Å². The van der Waals surface area contributed by atoms with Crippen LogP contribution in [0.3, 0.4) is 0 Å². The van der Waals surface area contributed by atoms with Gasteiger partial charge in [-0.05, 0) is 24.6 Å². The minimum Gasteiger partial charge on any atom is -0.482 e. The summed E-state index contributed by atoms with van der Waals surface area (Å²) >= 11 is 5.91. The average Bonchev–Trinajstić information content (AvgIpc) is 2.18. The van der Waals surface area contributed by atoms with Crippen molar-refractivity contribution in [1.29, 1.82) is 0 Å². The van der Waals surface area contributed by atoms with Gasteiger partial charge in [0.15, 0.2) is 6.61 Å². The fourth-order valence-corrected chi connectivity index (χ4v) is 1.16. The van der Waals surface area contributed by atoms with Gasteiger partial charge < -0.3 is 9.64 Å². The molecule has 82 valence electrons. The van der Waals surface area contributed by atoms with Crippen molar-refractivity contribution in [3.8, 4) is 5.75 Å². The lowest BCUT2D eigenvalue weighted by atomic mass is 10.2. The molecule has 0 heterocycles. The van der Waals surface area contributed by atoms with E-state index in [1.807, 2.05) is 19.1 Å². The third-order valence-electron chi connectivity index (χ3n) is 1.94. The van der Waals surface area contributed by atoms with Crippen molar-refractivity contribution in [3.05, 3.63) is 28.8 Å². The van der Waals surface area contributed by atoms with Crippen molar-refractivity contribution >= 4 is 17.5 Å². The number of hydrogen-bond donors (Lipinski definition) is 0. The Morgan fingerprint density at radius 2 is 2.13 bits per heavy atom. The molecule has 0 aliphatic carbocycles. The normalized spacial score (nSPS) is 9.87. The molecule has 4 heteroatoms. The van der Waals surface area contributed by atoms with Crippen LogP contribution in [0.1, 0.15) is 5.56 Å². The number of rotatable bonds is 3. The number of carbonyl (C=O) groups is 1. The number of aryl methyl sites for hydroxylation is 1. The predicted molar refractivity (Wildman–Crippen MR) is 60.4 cm³/mol. The van der Waals surface area contributed by atoms with Crippen LogP contribution in [0.4, 0.5) is 0 Å². The molecule has 0 unspecified atom stereocenters. The highest BCUT2D eigenvalue weighted by molar-refractivity contribution is 6.32. The Morgan fingerprint density at radius 3 is 2.73 bits per heavy atom. The van der Waals surface area contributed by atoms with Crippen molar-refractivity contribution in [2.75, 3.05) is 20.7 Å². The van der Waals surface area contributed by atoms with E-state index in [1.165, 1.54) is 4.90 Å². The van der Waals surface area contributed by atoms with E-state index in [1.54, 1.807) is 20.2 Å². The molecule has 0 bridgehead atoms. The zero-order valence-corrected chi connectivity index (χ0v) is 9.84. The maximum Gasteiger partial charge on any atom is 0.259 e. The molecule has 0 atom stereocenters. The number of hydrogen-bond acceptors (Lipinski definition) is 2. The lowest BCUT2D eigenvalue weighted by Crippen LogP contribution is -2.27. The van der Waals surface area contributed by atoms with Gasteiger partial charge in [-0.25, -0.2) is 0 Å². The third-order valence-corrected chi connectivity index (χ3v) is 2.25. The van der Waals surface area contributed by atoms with Crippen LogP contribution in [0.2, 0.25) is 5.02 Å². The van der Waals surface area contributed by atoms with Gasteiger partial charge in [-0.3, -0.25) is 4.79 Å². The van der Waals surface area contributed by atoms with Gasteiger partial charge in [0.05, 0.1) is 5.02 Å². The van der Waals surface area contributed by atoms with Gasteiger partial charge in [-0.15, -0.1) is 0 Å². The molecule has 0 N–H and O–H groups in total. The van der Waals surface area contributed by atoms with Crippen LogP contribution in [0.5, 0.6) is 5.75 Å². The quantitative estimate of drug-likeness (QED) is 0.792. The molecule has 0 radical (unpaired) electrons. The summed E-state index contributed by atoms with van der Waals surface area (Å²) in [6.07, 6.45) is 0. The lowest BCUT2D eigenvalue weighted by Gasteiger charge is -2.12. The fourth-order valence-electron chi connectivity index (χ4n) is 0.990. The van der Waals surface area contributed by atoms with Crippen LogP contribution in [-0.2, 0) is 4.79 Å². The van der Waals surface area contributed by atoms with E-state index in [4.69, 9.17) is 16.3 Å². The fraction of sp³-hybridized carbons (Fsp3) is 0.364. The first-order chi connectivity index (χ1) is 7.00. The summed E-state index contributed by atoms with van der Waals surface area (Å²) in [6.45, 7) is 1.95. The smallest absolute Gasteiger partial charge is 0.259 e. The van der Waals surface area contributed by atoms with Gasteiger partial charge >= 0.3 is 0 Å². The van der Waals surface area contributed by atoms with Gasteiger partial charge in [0.25, 0.3) is 5.91 Å². The maximum absolute atomic E-state index is 11.3. The van der Waals surface area contributed by atoms with Crippen molar-refractivity contribution in [1.82, 2.24) is 4.90 Å². The Balaban J connectivity index is 2.65. The Labute approximate surface area is 94.6 Å². The van der Waals surface area contributed by atoms with E-state index in [2.05, 4.69) is 0 Å². The van der Waals surface area contributed by atoms with Crippen molar-refractivity contribution in [2.45, 2.75) is 6.92 Å². The Morgan fingerprint density at radius 1 is 1.47 bits per heavy atom. The van der Waals surface area contributed by atoms with E-state index >= 15 is 0 Å². The molecule has 0 saturated carbocycles. The number of ether oxygens (including phenoxy) is 1. The molecule has 0 aliphatic rings. The number of halogens is 1. The van der Waals surface area contributed by atoms with Crippen LogP contribution in [0, 0.1) is 6.92 Å². The second kappa shape index (κ2) is 5.03. The van der Waals surface area contributed by atoms with Gasteiger partial charge in [0, 0.05) is 14.1 Å². The average molecular weight is 228 g/mol. The number of nitrogens with zero attached hydrogens (tertiary/aromatic N) is 1. The summed E-state index contributed by atoms with van der Waals surface area (Å²) in [5.41, 5.74) is 1.05. The van der Waals surface area contributed by atoms with Gasteiger partial charge in [0.2, 0.25) is 0 Å². The minimum atomic E-state index is -0.0902. The summed E-state index contributed by atoms with van der Waals surface area (Å²) in [7, 11) is 3.37. The molecule has 1 aromatic rings. The van der Waals surface area contributed by atoms with Crippen molar-refractivity contribution < 1.29 is 9.53 Å². The largest absolute Gasteiger partial charge is 0.482 e. The molecular weight excluding hydrogens is 214 g/mol. The van der Waals surface area contributed by atoms with Gasteiger partial charge in [-0.2, -0.15) is 0 Å². The topological polar surface area (TPSA) is 29.5 Å². The first-order valence-corrected chi connectivity index (χ1v) is 4.97. The molecule has 15 heavy (non-hydrogen) atoms. The molecule has 1 rings (SSSR count). The summed E-state index contributed by atoms with van der Waals surface area (Å²) in [5, 5.41) is 0.521. The first-order valence-electron chi connectivity index (χ1n) is 4.60. The minimum absolute atomic E-state index is 0.0101. The van der Waals surface area contributed by atoms with Crippen molar-refractivity contribution in [2.24, 2.45) is 0 Å². The van der Waals surface area contributed by atoms with E-state index < -0.39 is 0 Å². The van der Waals surface area contributed by atoms with E-state index in [0.29, 0.717) is 10.8 Å². The molecular formula is C11H14ClNO2. The van der Waals surface area contributed by atoms with E-state index in [0.717, 1.165) is 5.56 Å². The molecule has 0 saturated heterocycles. The van der Waals surface area contributed by atoms with Crippen molar-refractivity contribution in [3.63, 3.8) is 0 Å².